The van der Waals surface area contributed by atoms with Crippen LogP contribution in [0.4, 0.5) is 20.6 Å². The molecule has 6 heteroatoms. The lowest BCUT2D eigenvalue weighted by Crippen LogP contribution is -2.24. The topological polar surface area (TPSA) is 58.6 Å². The first-order chi connectivity index (χ1) is 12.1. The average molecular weight is 340 g/mol. The molecular weight excluding hydrogens is 323 g/mol. The molecule has 0 saturated carbocycles. The molecule has 0 radical (unpaired) electrons. The molecule has 1 atom stereocenters. The van der Waals surface area contributed by atoms with Gasteiger partial charge >= 0.3 is 6.09 Å². The van der Waals surface area contributed by atoms with E-state index in [9.17, 15) is 14.0 Å². The number of fused-ring (bicyclic) bond motifs is 1. The highest BCUT2D eigenvalue weighted by molar-refractivity contribution is 5.98. The van der Waals surface area contributed by atoms with Crippen molar-refractivity contribution in [1.82, 2.24) is 0 Å². The van der Waals surface area contributed by atoms with Crippen LogP contribution in [0.5, 0.6) is 0 Å². The van der Waals surface area contributed by atoms with Crippen LogP contribution in [-0.2, 0) is 16.0 Å². The second-order valence-corrected chi connectivity index (χ2v) is 6.21. The van der Waals surface area contributed by atoms with Crippen molar-refractivity contribution >= 4 is 23.4 Å². The van der Waals surface area contributed by atoms with Gasteiger partial charge in [0.2, 0.25) is 5.91 Å². The van der Waals surface area contributed by atoms with Gasteiger partial charge in [0.1, 0.15) is 12.4 Å². The van der Waals surface area contributed by atoms with Crippen LogP contribution in [-0.4, -0.2) is 25.2 Å². The van der Waals surface area contributed by atoms with E-state index in [1.165, 1.54) is 23.1 Å². The molecule has 0 spiro atoms. The molecule has 0 unspecified atom stereocenters. The van der Waals surface area contributed by atoms with Crippen molar-refractivity contribution in [3.63, 3.8) is 0 Å². The number of cyclic esters (lactones) is 1. The van der Waals surface area contributed by atoms with Crippen molar-refractivity contribution in [2.45, 2.75) is 18.8 Å². The molecule has 2 amide bonds. The summed E-state index contributed by atoms with van der Waals surface area (Å²) < 4.78 is 19.0. The molecule has 128 valence electrons. The molecule has 1 fully saturated rings. The molecule has 1 saturated heterocycles. The number of carbonyl (C=O) groups is 2. The van der Waals surface area contributed by atoms with Crippen LogP contribution < -0.4 is 10.2 Å². The monoisotopic (exact) mass is 340 g/mol. The minimum absolute atomic E-state index is 0.0755. The number of halogens is 1. The summed E-state index contributed by atoms with van der Waals surface area (Å²) in [5.41, 5.74) is 2.74. The summed E-state index contributed by atoms with van der Waals surface area (Å²) in [6.07, 6.45) is 1.09. The highest BCUT2D eigenvalue weighted by Crippen LogP contribution is 2.34. The van der Waals surface area contributed by atoms with E-state index in [0.29, 0.717) is 25.3 Å². The molecule has 1 aliphatic heterocycles. The lowest BCUT2D eigenvalue weighted by molar-refractivity contribution is -0.117. The lowest BCUT2D eigenvalue weighted by Gasteiger charge is -2.16. The summed E-state index contributed by atoms with van der Waals surface area (Å²) in [6.45, 7) is 0.713. The first-order valence-corrected chi connectivity index (χ1v) is 8.26. The van der Waals surface area contributed by atoms with Crippen molar-refractivity contribution in [3.8, 4) is 0 Å². The standard InChI is InChI=1S/C19H17FN2O3/c20-16-8-6-13(22-9-10-25-19(22)24)11-17(16)21-18(23)15-7-5-12-3-1-2-4-14(12)15/h1-4,6,8,11,15H,5,7,9-10H2,(H,21,23)/t15-/m1/s1. The summed E-state index contributed by atoms with van der Waals surface area (Å²) in [5.74, 6) is -1.04. The maximum atomic E-state index is 14.1. The Bertz CT molecular complexity index is 852. The number of rotatable bonds is 3. The highest BCUT2D eigenvalue weighted by Gasteiger charge is 2.29. The molecular formula is C19H17FN2O3. The van der Waals surface area contributed by atoms with Crippen molar-refractivity contribution in [2.24, 2.45) is 0 Å². The first kappa shape index (κ1) is 15.6. The quantitative estimate of drug-likeness (QED) is 0.931. The van der Waals surface area contributed by atoms with Gasteiger partial charge in [-0.1, -0.05) is 24.3 Å². The number of amides is 2. The Morgan fingerprint density at radius 3 is 2.88 bits per heavy atom. The zero-order valence-electron chi connectivity index (χ0n) is 13.5. The van der Waals surface area contributed by atoms with Gasteiger partial charge in [-0.05, 0) is 42.2 Å². The highest BCUT2D eigenvalue weighted by atomic mass is 19.1. The minimum atomic E-state index is -0.532. The molecule has 0 bridgehead atoms. The van der Waals surface area contributed by atoms with Crippen LogP contribution in [0.25, 0.3) is 0 Å². The molecule has 25 heavy (non-hydrogen) atoms. The third-order valence-corrected chi connectivity index (χ3v) is 4.73. The van der Waals surface area contributed by atoms with Crippen molar-refractivity contribution < 1.29 is 18.7 Å². The van der Waals surface area contributed by atoms with Gasteiger partial charge in [0.15, 0.2) is 0 Å². The van der Waals surface area contributed by atoms with Crippen molar-refractivity contribution in [1.29, 1.82) is 0 Å². The lowest BCUT2D eigenvalue weighted by atomic mass is 10.0. The van der Waals surface area contributed by atoms with E-state index in [0.717, 1.165) is 17.5 Å². The molecule has 2 aromatic carbocycles. The van der Waals surface area contributed by atoms with Gasteiger partial charge in [0, 0.05) is 5.69 Å². The number of benzene rings is 2. The van der Waals surface area contributed by atoms with Crippen LogP contribution in [0.15, 0.2) is 42.5 Å². The number of hydrogen-bond donors (Lipinski definition) is 1. The molecule has 2 aliphatic rings. The molecule has 1 heterocycles. The second kappa shape index (κ2) is 6.20. The number of nitrogens with zero attached hydrogens (tertiary/aromatic N) is 1. The molecule has 5 nitrogen and oxygen atoms in total. The Morgan fingerprint density at radius 1 is 1.24 bits per heavy atom. The number of hydrogen-bond acceptors (Lipinski definition) is 3. The molecule has 2 aromatic rings. The maximum Gasteiger partial charge on any atom is 0.414 e. The molecule has 1 N–H and O–H groups in total. The predicted molar refractivity (Wildman–Crippen MR) is 91.2 cm³/mol. The van der Waals surface area contributed by atoms with E-state index >= 15 is 0 Å². The smallest absolute Gasteiger partial charge is 0.414 e. The Kier molecular flexibility index (Phi) is 3.87. The third-order valence-electron chi connectivity index (χ3n) is 4.73. The fraction of sp³-hybridized carbons (Fsp3) is 0.263. The number of carbonyl (C=O) groups excluding carboxylic acids is 2. The fourth-order valence-electron chi connectivity index (χ4n) is 3.45. The number of anilines is 2. The summed E-state index contributed by atoms with van der Waals surface area (Å²) in [4.78, 5) is 25.7. The number of aryl methyl sites for hydroxylation is 1. The summed E-state index contributed by atoms with van der Waals surface area (Å²) in [6, 6.07) is 12.0. The Labute approximate surface area is 144 Å². The molecule has 1 aliphatic carbocycles. The zero-order chi connectivity index (χ0) is 17.4. The van der Waals surface area contributed by atoms with Gasteiger partial charge in [-0.2, -0.15) is 0 Å². The van der Waals surface area contributed by atoms with Gasteiger partial charge in [-0.3, -0.25) is 9.69 Å². The van der Waals surface area contributed by atoms with E-state index in [2.05, 4.69) is 5.32 Å². The Balaban J connectivity index is 1.56. The van der Waals surface area contributed by atoms with E-state index in [-0.39, 0.29) is 17.5 Å². The Hall–Kier alpha value is -2.89. The number of ether oxygens (including phenoxy) is 1. The summed E-state index contributed by atoms with van der Waals surface area (Å²) >= 11 is 0. The minimum Gasteiger partial charge on any atom is -0.447 e. The third kappa shape index (κ3) is 2.84. The van der Waals surface area contributed by atoms with E-state index in [1.807, 2.05) is 24.3 Å². The fourth-order valence-corrected chi connectivity index (χ4v) is 3.45. The van der Waals surface area contributed by atoms with Crippen LogP contribution in [0.3, 0.4) is 0 Å². The SMILES string of the molecule is O=C(Nc1cc(N2CCOC2=O)ccc1F)[C@@H]1CCc2ccccc21. The van der Waals surface area contributed by atoms with Crippen LogP contribution in [0.2, 0.25) is 0 Å². The largest absolute Gasteiger partial charge is 0.447 e. The summed E-state index contributed by atoms with van der Waals surface area (Å²) in [7, 11) is 0. The predicted octanol–water partition coefficient (Wildman–Crippen LogP) is 3.45. The number of nitrogens with one attached hydrogen (secondary N) is 1. The Morgan fingerprint density at radius 2 is 2.08 bits per heavy atom. The van der Waals surface area contributed by atoms with Crippen LogP contribution in [0, 0.1) is 5.82 Å². The van der Waals surface area contributed by atoms with Gasteiger partial charge < -0.3 is 10.1 Å². The van der Waals surface area contributed by atoms with Crippen molar-refractivity contribution in [2.75, 3.05) is 23.4 Å². The van der Waals surface area contributed by atoms with E-state index in [4.69, 9.17) is 4.74 Å². The van der Waals surface area contributed by atoms with Crippen molar-refractivity contribution in [3.05, 3.63) is 59.4 Å². The molecule has 4 rings (SSSR count). The molecule has 0 aromatic heterocycles. The zero-order valence-corrected chi connectivity index (χ0v) is 13.5. The second-order valence-electron chi connectivity index (χ2n) is 6.21. The summed E-state index contributed by atoms with van der Waals surface area (Å²) in [5, 5.41) is 2.68. The maximum absolute atomic E-state index is 14.1. The van der Waals surface area contributed by atoms with Gasteiger partial charge in [-0.25, -0.2) is 9.18 Å². The van der Waals surface area contributed by atoms with E-state index < -0.39 is 11.9 Å². The normalized spacial score (nSPS) is 18.8. The van der Waals surface area contributed by atoms with E-state index in [1.54, 1.807) is 0 Å². The van der Waals surface area contributed by atoms with Gasteiger partial charge in [-0.15, -0.1) is 0 Å². The van der Waals surface area contributed by atoms with Gasteiger partial charge in [0.25, 0.3) is 0 Å². The average Bonchev–Trinajstić information content (AvgIpc) is 3.23. The van der Waals surface area contributed by atoms with Gasteiger partial charge in [0.05, 0.1) is 18.2 Å². The van der Waals surface area contributed by atoms with Crippen LogP contribution >= 0.6 is 0 Å². The first-order valence-electron chi connectivity index (χ1n) is 8.26. The van der Waals surface area contributed by atoms with Crippen LogP contribution in [0.1, 0.15) is 23.5 Å².